The van der Waals surface area contributed by atoms with Crippen molar-refractivity contribution in [3.63, 3.8) is 0 Å². The van der Waals surface area contributed by atoms with Gasteiger partial charge in [-0.25, -0.2) is 9.37 Å². The van der Waals surface area contributed by atoms with Crippen molar-refractivity contribution in [1.29, 1.82) is 0 Å². The molecule has 0 aliphatic heterocycles. The normalized spacial score (nSPS) is 10.6. The van der Waals surface area contributed by atoms with E-state index in [0.717, 1.165) is 11.1 Å². The van der Waals surface area contributed by atoms with Gasteiger partial charge in [0.25, 0.3) is 5.56 Å². The molecule has 1 heterocycles. The molecule has 0 atom stereocenters. The number of hydrogen-bond acceptors (Lipinski definition) is 3. The number of nitrogens with one attached hydrogen (secondary N) is 2. The average molecular weight is 374 g/mol. The number of benzene rings is 2. The van der Waals surface area contributed by atoms with Crippen LogP contribution in [0.15, 0.2) is 57.8 Å². The van der Waals surface area contributed by atoms with Crippen molar-refractivity contribution in [3.05, 3.63) is 74.7 Å². The summed E-state index contributed by atoms with van der Waals surface area (Å²) >= 11 is 3.27. The lowest BCUT2D eigenvalue weighted by atomic mass is 10.1. The molecule has 2 aromatic carbocycles. The minimum Gasteiger partial charge on any atom is -0.325 e. The third-order valence-corrected chi connectivity index (χ3v) is 3.93. The Balaban J connectivity index is 1.97. The summed E-state index contributed by atoms with van der Waals surface area (Å²) in [7, 11) is 0. The van der Waals surface area contributed by atoms with E-state index in [2.05, 4.69) is 31.2 Å². The summed E-state index contributed by atoms with van der Waals surface area (Å²) in [6.07, 6.45) is 0. The fourth-order valence-corrected chi connectivity index (χ4v) is 2.56. The summed E-state index contributed by atoms with van der Waals surface area (Å²) in [5.41, 5.74) is 2.89. The number of halogens is 2. The summed E-state index contributed by atoms with van der Waals surface area (Å²) in [6.45, 7) is 1.99. The molecule has 0 bridgehead atoms. The number of nitrogens with zero attached hydrogens (tertiary/aromatic N) is 1. The van der Waals surface area contributed by atoms with Crippen LogP contribution in [0, 0.1) is 12.7 Å². The van der Waals surface area contributed by atoms with Gasteiger partial charge in [0.05, 0.1) is 11.4 Å². The van der Waals surface area contributed by atoms with Gasteiger partial charge in [0.15, 0.2) is 0 Å². The maximum Gasteiger partial charge on any atom is 0.252 e. The number of aryl methyl sites for hydroxylation is 1. The van der Waals surface area contributed by atoms with E-state index < -0.39 is 0 Å². The first-order valence-corrected chi connectivity index (χ1v) is 7.71. The SMILES string of the molecule is Cc1ccc(-c2cc(=O)[nH]c(Nc3ccc(F)cc3Br)n2)cc1. The van der Waals surface area contributed by atoms with Gasteiger partial charge in [-0.15, -0.1) is 0 Å². The van der Waals surface area contributed by atoms with Crippen molar-refractivity contribution in [2.45, 2.75) is 6.92 Å². The summed E-state index contributed by atoms with van der Waals surface area (Å²) in [4.78, 5) is 18.9. The van der Waals surface area contributed by atoms with E-state index in [9.17, 15) is 9.18 Å². The number of aromatic amines is 1. The molecule has 0 unspecified atom stereocenters. The Kier molecular flexibility index (Phi) is 4.25. The monoisotopic (exact) mass is 373 g/mol. The molecule has 116 valence electrons. The highest BCUT2D eigenvalue weighted by atomic mass is 79.9. The molecular formula is C17H13BrFN3O. The number of anilines is 2. The Labute approximate surface area is 140 Å². The second kappa shape index (κ2) is 6.34. The molecular weight excluding hydrogens is 361 g/mol. The van der Waals surface area contributed by atoms with Crippen LogP contribution < -0.4 is 10.9 Å². The molecule has 6 heteroatoms. The molecule has 1 aromatic heterocycles. The highest BCUT2D eigenvalue weighted by Gasteiger charge is 2.07. The number of hydrogen-bond donors (Lipinski definition) is 2. The fraction of sp³-hybridized carbons (Fsp3) is 0.0588. The van der Waals surface area contributed by atoms with Gasteiger partial charge in [0.2, 0.25) is 5.95 Å². The first kappa shape index (κ1) is 15.4. The minimum absolute atomic E-state index is 0.267. The Bertz CT molecular complexity index is 906. The summed E-state index contributed by atoms with van der Waals surface area (Å²) < 4.78 is 13.7. The van der Waals surface area contributed by atoms with Gasteiger partial charge in [0.1, 0.15) is 5.82 Å². The third-order valence-electron chi connectivity index (χ3n) is 3.27. The zero-order valence-electron chi connectivity index (χ0n) is 12.2. The van der Waals surface area contributed by atoms with E-state index in [-0.39, 0.29) is 11.4 Å². The smallest absolute Gasteiger partial charge is 0.252 e. The molecule has 3 rings (SSSR count). The molecule has 23 heavy (non-hydrogen) atoms. The third kappa shape index (κ3) is 3.65. The van der Waals surface area contributed by atoms with Gasteiger partial charge in [-0.1, -0.05) is 29.8 Å². The van der Waals surface area contributed by atoms with Crippen LogP contribution in [-0.2, 0) is 0 Å². The lowest BCUT2D eigenvalue weighted by Gasteiger charge is -2.09. The number of H-pyrrole nitrogens is 1. The quantitative estimate of drug-likeness (QED) is 0.715. The topological polar surface area (TPSA) is 57.8 Å². The number of aromatic nitrogens is 2. The highest BCUT2D eigenvalue weighted by Crippen LogP contribution is 2.25. The fourth-order valence-electron chi connectivity index (χ4n) is 2.11. The van der Waals surface area contributed by atoms with E-state index in [1.165, 1.54) is 18.2 Å². The van der Waals surface area contributed by atoms with Gasteiger partial charge >= 0.3 is 0 Å². The Morgan fingerprint density at radius 2 is 1.87 bits per heavy atom. The van der Waals surface area contributed by atoms with Crippen molar-refractivity contribution >= 4 is 27.6 Å². The van der Waals surface area contributed by atoms with Crippen LogP contribution in [0.2, 0.25) is 0 Å². The zero-order chi connectivity index (χ0) is 16.4. The summed E-state index contributed by atoms with van der Waals surface area (Å²) in [5, 5.41) is 2.98. The first-order chi connectivity index (χ1) is 11.0. The van der Waals surface area contributed by atoms with Gasteiger partial charge in [-0.3, -0.25) is 9.78 Å². The molecule has 0 spiro atoms. The van der Waals surface area contributed by atoms with Crippen molar-refractivity contribution in [1.82, 2.24) is 9.97 Å². The molecule has 3 aromatic rings. The predicted molar refractivity (Wildman–Crippen MR) is 92.4 cm³/mol. The lowest BCUT2D eigenvalue weighted by molar-refractivity contribution is 0.627. The Morgan fingerprint density at radius 1 is 1.13 bits per heavy atom. The molecule has 0 amide bonds. The highest BCUT2D eigenvalue weighted by molar-refractivity contribution is 9.10. The van der Waals surface area contributed by atoms with Crippen molar-refractivity contribution in [2.75, 3.05) is 5.32 Å². The van der Waals surface area contributed by atoms with Gasteiger partial charge in [-0.05, 0) is 41.1 Å². The molecule has 0 saturated heterocycles. The Morgan fingerprint density at radius 3 is 2.57 bits per heavy atom. The van der Waals surface area contributed by atoms with Crippen molar-refractivity contribution in [2.24, 2.45) is 0 Å². The average Bonchev–Trinajstić information content (AvgIpc) is 2.50. The molecule has 0 radical (unpaired) electrons. The zero-order valence-corrected chi connectivity index (χ0v) is 13.8. The van der Waals surface area contributed by atoms with Gasteiger partial charge in [0, 0.05) is 16.1 Å². The molecule has 0 saturated carbocycles. The second-order valence-corrected chi connectivity index (χ2v) is 5.95. The van der Waals surface area contributed by atoms with Crippen LogP contribution in [-0.4, -0.2) is 9.97 Å². The van der Waals surface area contributed by atoms with E-state index in [4.69, 9.17) is 0 Å². The van der Waals surface area contributed by atoms with Crippen LogP contribution in [0.1, 0.15) is 5.56 Å². The van der Waals surface area contributed by atoms with Crippen LogP contribution in [0.25, 0.3) is 11.3 Å². The van der Waals surface area contributed by atoms with Crippen LogP contribution in [0.3, 0.4) is 0 Å². The molecule has 4 nitrogen and oxygen atoms in total. The standard InChI is InChI=1S/C17H13BrFN3O/c1-10-2-4-11(5-3-10)15-9-16(23)22-17(21-15)20-14-7-6-12(19)8-13(14)18/h2-9H,1H3,(H2,20,21,22,23). The van der Waals surface area contributed by atoms with E-state index in [1.807, 2.05) is 31.2 Å². The van der Waals surface area contributed by atoms with Crippen LogP contribution in [0.4, 0.5) is 16.0 Å². The summed E-state index contributed by atoms with van der Waals surface area (Å²) in [5.74, 6) is -0.0577. The first-order valence-electron chi connectivity index (χ1n) is 6.92. The molecule has 0 aliphatic carbocycles. The number of rotatable bonds is 3. The van der Waals surface area contributed by atoms with Crippen LogP contribution >= 0.6 is 15.9 Å². The van der Waals surface area contributed by atoms with Gasteiger partial charge in [-0.2, -0.15) is 0 Å². The van der Waals surface area contributed by atoms with Crippen molar-refractivity contribution < 1.29 is 4.39 Å². The maximum atomic E-state index is 13.1. The largest absolute Gasteiger partial charge is 0.325 e. The lowest BCUT2D eigenvalue weighted by Crippen LogP contribution is -2.10. The summed E-state index contributed by atoms with van der Waals surface area (Å²) in [6, 6.07) is 13.4. The van der Waals surface area contributed by atoms with E-state index in [0.29, 0.717) is 21.8 Å². The van der Waals surface area contributed by atoms with Crippen molar-refractivity contribution in [3.8, 4) is 11.3 Å². The van der Waals surface area contributed by atoms with E-state index in [1.54, 1.807) is 6.07 Å². The van der Waals surface area contributed by atoms with E-state index >= 15 is 0 Å². The minimum atomic E-state index is -0.350. The molecule has 0 aliphatic rings. The molecule has 2 N–H and O–H groups in total. The van der Waals surface area contributed by atoms with Gasteiger partial charge < -0.3 is 5.32 Å². The van der Waals surface area contributed by atoms with Crippen LogP contribution in [0.5, 0.6) is 0 Å². The maximum absolute atomic E-state index is 13.1. The second-order valence-electron chi connectivity index (χ2n) is 5.09. The Hall–Kier alpha value is -2.47. The predicted octanol–water partition coefficient (Wildman–Crippen LogP) is 4.39. The molecule has 0 fully saturated rings.